The summed E-state index contributed by atoms with van der Waals surface area (Å²) in [6.45, 7) is 6.69. The number of pyridine rings is 1. The number of thioether (sulfide) groups is 1. The molecule has 2 aliphatic heterocycles. The average Bonchev–Trinajstić information content (AvgIpc) is 3.45. The Morgan fingerprint density at radius 3 is 2.62 bits per heavy atom. The van der Waals surface area contributed by atoms with Crippen molar-refractivity contribution in [2.24, 2.45) is 5.73 Å². The van der Waals surface area contributed by atoms with Crippen LogP contribution in [0.5, 0.6) is 5.88 Å². The fraction of sp³-hybridized carbons (Fsp3) is 0.609. The summed E-state index contributed by atoms with van der Waals surface area (Å²) in [5.74, 6) is 3.62. The molecule has 1 saturated carbocycles. The zero-order valence-corrected chi connectivity index (χ0v) is 20.0. The molecular weight excluding hydrogens is 424 g/mol. The largest absolute Gasteiger partial charge is 0.481 e. The molecule has 0 amide bonds. The molecule has 2 aromatic rings. The normalized spacial score (nSPS) is 25.2. The fourth-order valence-electron chi connectivity index (χ4n) is 3.89. The zero-order valence-electron chi connectivity index (χ0n) is 19.2. The molecule has 5 rings (SSSR count). The van der Waals surface area contributed by atoms with Crippen LogP contribution in [0.15, 0.2) is 18.2 Å². The lowest BCUT2D eigenvalue weighted by atomic mass is 10.0. The van der Waals surface area contributed by atoms with E-state index in [0.29, 0.717) is 36.8 Å². The van der Waals surface area contributed by atoms with Crippen LogP contribution in [0.1, 0.15) is 45.2 Å². The fourth-order valence-corrected chi connectivity index (χ4v) is 5.17. The van der Waals surface area contributed by atoms with Gasteiger partial charge in [0.05, 0.1) is 36.8 Å². The second-order valence-corrected chi connectivity index (χ2v) is 10.5. The number of ether oxygens (including phenoxy) is 2. The first-order chi connectivity index (χ1) is 15.4. The van der Waals surface area contributed by atoms with Crippen LogP contribution >= 0.6 is 11.8 Å². The van der Waals surface area contributed by atoms with E-state index in [4.69, 9.17) is 30.9 Å². The Hall–Kier alpha value is -2.10. The molecule has 32 heavy (non-hydrogen) atoms. The van der Waals surface area contributed by atoms with Gasteiger partial charge in [0.15, 0.2) is 5.82 Å². The van der Waals surface area contributed by atoms with Gasteiger partial charge in [-0.15, -0.1) is 11.8 Å². The van der Waals surface area contributed by atoms with Crippen molar-refractivity contribution < 1.29 is 9.47 Å². The van der Waals surface area contributed by atoms with Crippen LogP contribution in [0.2, 0.25) is 0 Å². The highest BCUT2D eigenvalue weighted by Crippen LogP contribution is 2.46. The molecule has 4 N–H and O–H groups in total. The summed E-state index contributed by atoms with van der Waals surface area (Å²) < 4.78 is 10.9. The summed E-state index contributed by atoms with van der Waals surface area (Å²) in [5.41, 5.74) is 13.1. The van der Waals surface area contributed by atoms with Gasteiger partial charge >= 0.3 is 0 Å². The second kappa shape index (κ2) is 9.80. The molecule has 2 saturated heterocycles. The summed E-state index contributed by atoms with van der Waals surface area (Å²) >= 11 is 1.97. The zero-order chi connectivity index (χ0) is 22.7. The third-order valence-corrected chi connectivity index (χ3v) is 7.59. The topological polar surface area (TPSA) is 112 Å². The molecule has 9 heteroatoms. The monoisotopic (exact) mass is 458 g/mol. The SMILES string of the molecule is COc1cc(-c2nc(N3CCOCC3C)cc(C3(C)CCCS3)n2)cc(N)n1.NC1CC1. The molecule has 0 spiro atoms. The van der Waals surface area contributed by atoms with Gasteiger partial charge in [-0.1, -0.05) is 0 Å². The number of anilines is 2. The third-order valence-electron chi connectivity index (χ3n) is 6.05. The van der Waals surface area contributed by atoms with Gasteiger partial charge < -0.3 is 25.8 Å². The van der Waals surface area contributed by atoms with Gasteiger partial charge in [0, 0.05) is 30.3 Å². The number of rotatable bonds is 4. The predicted octanol–water partition coefficient (Wildman–Crippen LogP) is 3.20. The summed E-state index contributed by atoms with van der Waals surface area (Å²) in [6, 6.07) is 6.65. The minimum atomic E-state index is 0.00459. The van der Waals surface area contributed by atoms with E-state index in [2.05, 4.69) is 29.8 Å². The quantitative estimate of drug-likeness (QED) is 0.713. The summed E-state index contributed by atoms with van der Waals surface area (Å²) in [4.78, 5) is 16.4. The lowest BCUT2D eigenvalue weighted by molar-refractivity contribution is 0.0985. The Bertz CT molecular complexity index is 933. The van der Waals surface area contributed by atoms with Crippen LogP contribution in [-0.2, 0) is 9.48 Å². The van der Waals surface area contributed by atoms with Crippen molar-refractivity contribution in [3.63, 3.8) is 0 Å². The number of methoxy groups -OCH3 is 1. The van der Waals surface area contributed by atoms with E-state index in [1.54, 1.807) is 13.2 Å². The van der Waals surface area contributed by atoms with Gasteiger partial charge in [-0.3, -0.25) is 0 Å². The van der Waals surface area contributed by atoms with Gasteiger partial charge in [-0.2, -0.15) is 4.98 Å². The van der Waals surface area contributed by atoms with Gasteiger partial charge in [0.1, 0.15) is 11.6 Å². The summed E-state index contributed by atoms with van der Waals surface area (Å²) in [5, 5.41) is 0. The third kappa shape index (κ3) is 5.44. The van der Waals surface area contributed by atoms with Crippen molar-refractivity contribution in [2.45, 2.75) is 56.4 Å². The van der Waals surface area contributed by atoms with Gasteiger partial charge in [-0.05, 0) is 51.3 Å². The highest BCUT2D eigenvalue weighted by atomic mass is 32.2. The molecule has 1 aliphatic carbocycles. The molecule has 3 fully saturated rings. The molecular formula is C23H34N6O2S. The predicted molar refractivity (Wildman–Crippen MR) is 130 cm³/mol. The molecule has 2 atom stereocenters. The minimum absolute atomic E-state index is 0.00459. The summed E-state index contributed by atoms with van der Waals surface area (Å²) in [7, 11) is 1.58. The number of nitrogens with two attached hydrogens (primary N) is 2. The average molecular weight is 459 g/mol. The highest BCUT2D eigenvalue weighted by molar-refractivity contribution is 8.00. The van der Waals surface area contributed by atoms with E-state index in [0.717, 1.165) is 35.8 Å². The number of hydrogen-bond donors (Lipinski definition) is 2. The van der Waals surface area contributed by atoms with Crippen molar-refractivity contribution in [1.29, 1.82) is 0 Å². The molecule has 0 aromatic carbocycles. The Balaban J connectivity index is 0.000000552. The van der Waals surface area contributed by atoms with Crippen LogP contribution < -0.4 is 21.1 Å². The number of nitrogens with zero attached hydrogens (tertiary/aromatic N) is 4. The van der Waals surface area contributed by atoms with E-state index >= 15 is 0 Å². The van der Waals surface area contributed by atoms with Crippen molar-refractivity contribution in [2.75, 3.05) is 43.3 Å². The van der Waals surface area contributed by atoms with E-state index in [1.165, 1.54) is 19.3 Å². The van der Waals surface area contributed by atoms with Crippen LogP contribution in [-0.4, -0.2) is 59.7 Å². The Morgan fingerprint density at radius 1 is 1.22 bits per heavy atom. The molecule has 2 unspecified atom stereocenters. The van der Waals surface area contributed by atoms with Gasteiger partial charge in [0.25, 0.3) is 0 Å². The number of nitrogen functional groups attached to an aromatic ring is 1. The van der Waals surface area contributed by atoms with E-state index < -0.39 is 0 Å². The smallest absolute Gasteiger partial charge is 0.215 e. The van der Waals surface area contributed by atoms with E-state index in [-0.39, 0.29) is 10.8 Å². The maximum atomic E-state index is 5.98. The van der Waals surface area contributed by atoms with Crippen LogP contribution in [0, 0.1) is 0 Å². The first-order valence-electron chi connectivity index (χ1n) is 11.3. The molecule has 0 radical (unpaired) electrons. The van der Waals surface area contributed by atoms with Crippen LogP contribution in [0.25, 0.3) is 11.4 Å². The van der Waals surface area contributed by atoms with Gasteiger partial charge in [-0.25, -0.2) is 9.97 Å². The molecule has 8 nitrogen and oxygen atoms in total. The first kappa shape index (κ1) is 23.1. The van der Waals surface area contributed by atoms with Crippen LogP contribution in [0.3, 0.4) is 0 Å². The van der Waals surface area contributed by atoms with Crippen molar-refractivity contribution in [3.8, 4) is 17.3 Å². The number of aromatic nitrogens is 3. The second-order valence-electron chi connectivity index (χ2n) is 8.90. The maximum absolute atomic E-state index is 5.98. The van der Waals surface area contributed by atoms with Crippen LogP contribution in [0.4, 0.5) is 11.6 Å². The van der Waals surface area contributed by atoms with Crippen molar-refractivity contribution in [1.82, 2.24) is 15.0 Å². The Morgan fingerprint density at radius 2 is 2.00 bits per heavy atom. The maximum Gasteiger partial charge on any atom is 0.215 e. The Kier molecular flexibility index (Phi) is 7.07. The highest BCUT2D eigenvalue weighted by Gasteiger charge is 2.34. The molecule has 4 heterocycles. The first-order valence-corrected chi connectivity index (χ1v) is 12.3. The van der Waals surface area contributed by atoms with Crippen molar-refractivity contribution in [3.05, 3.63) is 23.9 Å². The standard InChI is InChI=1S/C20H27N5O2S.C3H7N/c1-13-12-27-7-6-25(13)17-11-15(20(2)5-4-8-28-20)22-19(24-17)14-9-16(21)23-18(10-14)26-3;4-3-1-2-3/h9-11,13H,4-8,12H2,1-3H3,(H2,21,23);3H,1-2,4H2. The minimum Gasteiger partial charge on any atom is -0.481 e. The molecule has 174 valence electrons. The molecule has 2 aromatic heterocycles. The van der Waals surface area contributed by atoms with E-state index in [9.17, 15) is 0 Å². The Labute approximate surface area is 194 Å². The van der Waals surface area contributed by atoms with Gasteiger partial charge in [0.2, 0.25) is 5.88 Å². The lowest BCUT2D eigenvalue weighted by Gasteiger charge is -2.35. The van der Waals surface area contributed by atoms with E-state index in [1.807, 2.05) is 17.8 Å². The molecule has 3 aliphatic rings. The lowest BCUT2D eigenvalue weighted by Crippen LogP contribution is -2.44. The summed E-state index contributed by atoms with van der Waals surface area (Å²) in [6.07, 6.45) is 4.86. The number of hydrogen-bond acceptors (Lipinski definition) is 9. The van der Waals surface area contributed by atoms with Crippen molar-refractivity contribution >= 4 is 23.4 Å². The molecule has 0 bridgehead atoms. The number of morpholine rings is 1.